The molecule has 2 fully saturated rings. The number of phenols is 1. The van der Waals surface area contributed by atoms with E-state index in [9.17, 15) is 9.50 Å². The van der Waals surface area contributed by atoms with E-state index in [1.165, 1.54) is 0 Å². The molecule has 0 aliphatic carbocycles. The number of aromatic nitrogens is 4. The average Bonchev–Trinajstić information content (AvgIpc) is 3.04. The molecule has 2 saturated heterocycles. The molecule has 0 saturated carbocycles. The van der Waals surface area contributed by atoms with Crippen molar-refractivity contribution >= 4 is 16.8 Å². The van der Waals surface area contributed by atoms with Gasteiger partial charge < -0.3 is 10.4 Å². The molecule has 0 amide bonds. The van der Waals surface area contributed by atoms with Gasteiger partial charge in [0, 0.05) is 34.9 Å². The van der Waals surface area contributed by atoms with Crippen molar-refractivity contribution in [2.24, 2.45) is 0 Å². The second-order valence-corrected chi connectivity index (χ2v) is 7.94. The zero-order valence-electron chi connectivity index (χ0n) is 15.4. The van der Waals surface area contributed by atoms with Gasteiger partial charge in [-0.3, -0.25) is 4.98 Å². The van der Waals surface area contributed by atoms with E-state index < -0.39 is 6.17 Å². The first-order valence-electron chi connectivity index (χ1n) is 9.40. The smallest absolute Gasteiger partial charge is 0.174 e. The normalized spacial score (nSPS) is 28.1. The van der Waals surface area contributed by atoms with Crippen molar-refractivity contribution in [2.75, 3.05) is 0 Å². The van der Waals surface area contributed by atoms with Crippen LogP contribution in [-0.2, 0) is 0 Å². The van der Waals surface area contributed by atoms with E-state index in [1.807, 2.05) is 12.1 Å². The topological polar surface area (TPSA) is 83.8 Å². The number of pyridine rings is 1. The fourth-order valence-electron chi connectivity index (χ4n) is 4.33. The highest BCUT2D eigenvalue weighted by atomic mass is 19.1. The maximum Gasteiger partial charge on any atom is 0.174 e. The van der Waals surface area contributed by atoms with Crippen molar-refractivity contribution in [2.45, 2.75) is 43.9 Å². The highest BCUT2D eigenvalue weighted by Gasteiger charge is 2.45. The molecule has 1 aromatic carbocycles. The molecule has 3 atom stereocenters. The van der Waals surface area contributed by atoms with Crippen molar-refractivity contribution in [1.29, 1.82) is 0 Å². The Bertz CT molecular complexity index is 1080. The fraction of sp³-hybridized carbons (Fsp3) is 0.333. The minimum Gasteiger partial charge on any atom is -0.507 e. The van der Waals surface area contributed by atoms with E-state index in [-0.39, 0.29) is 17.3 Å². The number of fused-ring (bicyclic) bond motifs is 3. The average molecular weight is 377 g/mol. The molecule has 2 bridgehead atoms. The number of benzene rings is 1. The Balaban J connectivity index is 1.46. The SMILES string of the molecule is C[C@@]12CC[C@@H](N1)[C@@H](F)/C(=C\c1ncc(-c3cc4ccncc4cc3O)nn1)C2. The number of alkyl halides is 1. The Hall–Kier alpha value is -2.93. The van der Waals surface area contributed by atoms with Gasteiger partial charge >= 0.3 is 0 Å². The number of halogens is 1. The summed E-state index contributed by atoms with van der Waals surface area (Å²) in [7, 11) is 0. The molecule has 2 aliphatic rings. The maximum absolute atomic E-state index is 14.7. The number of nitrogens with one attached hydrogen (secondary N) is 1. The quantitative estimate of drug-likeness (QED) is 0.712. The van der Waals surface area contributed by atoms with Crippen molar-refractivity contribution in [3.63, 3.8) is 0 Å². The van der Waals surface area contributed by atoms with Gasteiger partial charge in [0.1, 0.15) is 17.6 Å². The molecule has 2 N–H and O–H groups in total. The Kier molecular flexibility index (Phi) is 3.87. The number of rotatable bonds is 2. The van der Waals surface area contributed by atoms with Crippen LogP contribution in [0, 0.1) is 0 Å². The predicted molar refractivity (Wildman–Crippen MR) is 104 cm³/mol. The number of hydrogen-bond donors (Lipinski definition) is 2. The minimum absolute atomic E-state index is 0.0435. The van der Waals surface area contributed by atoms with E-state index in [2.05, 4.69) is 32.4 Å². The number of nitrogens with zero attached hydrogens (tertiary/aromatic N) is 4. The molecule has 0 unspecified atom stereocenters. The highest BCUT2D eigenvalue weighted by molar-refractivity contribution is 5.89. The van der Waals surface area contributed by atoms with Gasteiger partial charge in [-0.2, -0.15) is 0 Å². The molecule has 0 spiro atoms. The fourth-order valence-corrected chi connectivity index (χ4v) is 4.33. The first-order chi connectivity index (χ1) is 13.5. The lowest BCUT2D eigenvalue weighted by molar-refractivity contribution is 0.234. The van der Waals surface area contributed by atoms with E-state index in [0.29, 0.717) is 23.5 Å². The van der Waals surface area contributed by atoms with Crippen molar-refractivity contribution in [1.82, 2.24) is 25.5 Å². The minimum atomic E-state index is -1.02. The van der Waals surface area contributed by atoms with Gasteiger partial charge in [-0.05, 0) is 61.4 Å². The summed E-state index contributed by atoms with van der Waals surface area (Å²) < 4.78 is 14.7. The van der Waals surface area contributed by atoms with E-state index in [0.717, 1.165) is 29.2 Å². The lowest BCUT2D eigenvalue weighted by Gasteiger charge is -2.35. The molecule has 0 radical (unpaired) electrons. The van der Waals surface area contributed by atoms with Crippen LogP contribution < -0.4 is 5.32 Å². The Morgan fingerprint density at radius 3 is 2.96 bits per heavy atom. The van der Waals surface area contributed by atoms with Gasteiger partial charge in [0.15, 0.2) is 5.82 Å². The third-order valence-corrected chi connectivity index (χ3v) is 5.77. The molecule has 7 heteroatoms. The van der Waals surface area contributed by atoms with Crippen molar-refractivity contribution < 1.29 is 9.50 Å². The molecule has 4 heterocycles. The molecule has 5 rings (SSSR count). The molecular formula is C21H20FN5O. The van der Waals surface area contributed by atoms with E-state index >= 15 is 0 Å². The van der Waals surface area contributed by atoms with Gasteiger partial charge in [0.2, 0.25) is 0 Å². The summed E-state index contributed by atoms with van der Waals surface area (Å²) in [4.78, 5) is 8.39. The summed E-state index contributed by atoms with van der Waals surface area (Å²) in [5.41, 5.74) is 1.69. The van der Waals surface area contributed by atoms with Crippen LogP contribution in [0.1, 0.15) is 32.0 Å². The van der Waals surface area contributed by atoms with Crippen LogP contribution >= 0.6 is 0 Å². The Morgan fingerprint density at radius 1 is 1.25 bits per heavy atom. The summed E-state index contributed by atoms with van der Waals surface area (Å²) in [5.74, 6) is 0.477. The van der Waals surface area contributed by atoms with Gasteiger partial charge in [-0.25, -0.2) is 9.37 Å². The van der Waals surface area contributed by atoms with Gasteiger partial charge in [0.05, 0.1) is 6.20 Å². The molecule has 28 heavy (non-hydrogen) atoms. The number of phenolic OH excluding ortho intramolecular Hbond substituents is 1. The zero-order chi connectivity index (χ0) is 19.3. The highest BCUT2D eigenvalue weighted by Crippen LogP contribution is 2.40. The van der Waals surface area contributed by atoms with E-state index in [4.69, 9.17) is 0 Å². The summed E-state index contributed by atoms with van der Waals surface area (Å²) in [6.07, 6.45) is 8.12. The van der Waals surface area contributed by atoms with Crippen LogP contribution in [0.5, 0.6) is 5.75 Å². The largest absolute Gasteiger partial charge is 0.507 e. The molecule has 6 nitrogen and oxygen atoms in total. The second kappa shape index (κ2) is 6.31. The summed E-state index contributed by atoms with van der Waals surface area (Å²) in [5, 5.41) is 23.8. The predicted octanol–water partition coefficient (Wildman–Crippen LogP) is 3.43. The molecule has 2 aliphatic heterocycles. The first kappa shape index (κ1) is 17.2. The lowest BCUT2D eigenvalue weighted by Crippen LogP contribution is -2.50. The van der Waals surface area contributed by atoms with Crippen LogP contribution in [0.15, 0.2) is 42.4 Å². The third-order valence-electron chi connectivity index (χ3n) is 5.77. The van der Waals surface area contributed by atoms with Gasteiger partial charge in [0.25, 0.3) is 0 Å². The number of piperidine rings is 1. The van der Waals surface area contributed by atoms with Crippen LogP contribution in [0.3, 0.4) is 0 Å². The maximum atomic E-state index is 14.7. The standard InChI is InChI=1S/C21H20FN5O/c1-21-4-2-16(25-21)20(22)13(9-21)8-19-24-11-17(26-27-19)15-6-12-3-5-23-10-14(12)7-18(15)28/h3,5-8,10-11,16,20,25,28H,2,4,9H2,1H3/b13-8-/t16-,20+,21+/m1/s1. The first-order valence-corrected chi connectivity index (χ1v) is 9.40. The molecule has 142 valence electrons. The van der Waals surface area contributed by atoms with Crippen LogP contribution in [0.4, 0.5) is 4.39 Å². The molecule has 3 aromatic rings. The van der Waals surface area contributed by atoms with Gasteiger partial charge in [-0.15, -0.1) is 10.2 Å². The van der Waals surface area contributed by atoms with Crippen LogP contribution in [0.25, 0.3) is 28.1 Å². The lowest BCUT2D eigenvalue weighted by atomic mass is 9.88. The number of hydrogen-bond acceptors (Lipinski definition) is 6. The van der Waals surface area contributed by atoms with Crippen molar-refractivity contribution in [3.05, 3.63) is 48.2 Å². The Morgan fingerprint density at radius 2 is 2.14 bits per heavy atom. The van der Waals surface area contributed by atoms with Crippen molar-refractivity contribution in [3.8, 4) is 17.0 Å². The third kappa shape index (κ3) is 2.92. The molecule has 2 aromatic heterocycles. The second-order valence-electron chi connectivity index (χ2n) is 7.94. The van der Waals surface area contributed by atoms with Crippen LogP contribution in [-0.4, -0.2) is 43.0 Å². The van der Waals surface area contributed by atoms with E-state index in [1.54, 1.807) is 30.7 Å². The van der Waals surface area contributed by atoms with Gasteiger partial charge in [-0.1, -0.05) is 0 Å². The zero-order valence-corrected chi connectivity index (χ0v) is 15.4. The van der Waals surface area contributed by atoms with Crippen LogP contribution in [0.2, 0.25) is 0 Å². The monoisotopic (exact) mass is 377 g/mol. The Labute approximate surface area is 161 Å². The molecular weight excluding hydrogens is 357 g/mol. The summed E-state index contributed by atoms with van der Waals surface area (Å²) >= 11 is 0. The summed E-state index contributed by atoms with van der Waals surface area (Å²) in [6.45, 7) is 2.13. The summed E-state index contributed by atoms with van der Waals surface area (Å²) in [6, 6.07) is 5.22. The number of aromatic hydroxyl groups is 1.